The lowest BCUT2D eigenvalue weighted by molar-refractivity contribution is 0.359. The zero-order valence-corrected chi connectivity index (χ0v) is 7.66. The third-order valence-corrected chi connectivity index (χ3v) is 2.18. The summed E-state index contributed by atoms with van der Waals surface area (Å²) < 4.78 is 0. The highest BCUT2D eigenvalue weighted by Gasteiger charge is 2.04. The molecule has 2 nitrogen and oxygen atoms in total. The molecule has 13 heavy (non-hydrogen) atoms. The van der Waals surface area contributed by atoms with Crippen LogP contribution in [0.3, 0.4) is 0 Å². The molecule has 0 amide bonds. The average Bonchev–Trinajstić information content (AvgIpc) is 2.12. The third kappa shape index (κ3) is 1.24. The summed E-state index contributed by atoms with van der Waals surface area (Å²) in [5.41, 5.74) is 2.57. The van der Waals surface area contributed by atoms with Gasteiger partial charge in [-0.25, -0.2) is 4.98 Å². The first-order valence-corrected chi connectivity index (χ1v) is 4.22. The molecule has 0 spiro atoms. The Hall–Kier alpha value is -1.57. The quantitative estimate of drug-likeness (QED) is 0.601. The molecule has 0 unspecified atom stereocenters. The van der Waals surface area contributed by atoms with Gasteiger partial charge in [-0.15, -0.1) is 0 Å². The normalized spacial score (nSPS) is 10.6. The fourth-order valence-electron chi connectivity index (χ4n) is 1.43. The van der Waals surface area contributed by atoms with Gasteiger partial charge in [0.25, 0.3) is 0 Å². The van der Waals surface area contributed by atoms with Crippen LogP contribution in [0, 0.1) is 13.8 Å². The van der Waals surface area contributed by atoms with E-state index >= 15 is 0 Å². The summed E-state index contributed by atoms with van der Waals surface area (Å²) in [5.74, 6) is 0.00398. The SMILES string of the molecule is Cc1ccc2c(C)ccc([O])c2n1. The second-order valence-corrected chi connectivity index (χ2v) is 3.23. The second-order valence-electron chi connectivity index (χ2n) is 3.23. The van der Waals surface area contributed by atoms with Crippen molar-refractivity contribution in [2.75, 3.05) is 0 Å². The number of benzene rings is 1. The Kier molecular flexibility index (Phi) is 1.69. The van der Waals surface area contributed by atoms with Crippen molar-refractivity contribution in [3.63, 3.8) is 0 Å². The number of hydrogen-bond acceptors (Lipinski definition) is 1. The van der Waals surface area contributed by atoms with Gasteiger partial charge in [0.1, 0.15) is 5.52 Å². The molecule has 0 fully saturated rings. The van der Waals surface area contributed by atoms with Crippen LogP contribution in [0.15, 0.2) is 24.3 Å². The first-order chi connectivity index (χ1) is 6.18. The maximum absolute atomic E-state index is 11.4. The molecule has 65 valence electrons. The van der Waals surface area contributed by atoms with Gasteiger partial charge in [0.05, 0.1) is 0 Å². The van der Waals surface area contributed by atoms with Gasteiger partial charge in [-0.1, -0.05) is 12.1 Å². The maximum atomic E-state index is 11.4. The predicted molar refractivity (Wildman–Crippen MR) is 51.3 cm³/mol. The second kappa shape index (κ2) is 2.73. The first kappa shape index (κ1) is 8.05. The number of rotatable bonds is 0. The molecule has 0 saturated carbocycles. The minimum Gasteiger partial charge on any atom is -0.288 e. The summed E-state index contributed by atoms with van der Waals surface area (Å²) in [6.07, 6.45) is 0. The summed E-state index contributed by atoms with van der Waals surface area (Å²) in [6.45, 7) is 3.88. The summed E-state index contributed by atoms with van der Waals surface area (Å²) >= 11 is 0. The van der Waals surface area contributed by atoms with Gasteiger partial charge in [-0.05, 0) is 31.5 Å². The van der Waals surface area contributed by atoms with Crippen molar-refractivity contribution in [3.8, 4) is 5.75 Å². The molecule has 0 aliphatic carbocycles. The van der Waals surface area contributed by atoms with Crippen LogP contribution in [0.4, 0.5) is 0 Å². The van der Waals surface area contributed by atoms with E-state index in [1.165, 1.54) is 0 Å². The third-order valence-electron chi connectivity index (χ3n) is 2.18. The van der Waals surface area contributed by atoms with Gasteiger partial charge in [-0.2, -0.15) is 0 Å². The Morgan fingerprint density at radius 3 is 2.62 bits per heavy atom. The van der Waals surface area contributed by atoms with Crippen LogP contribution in [-0.2, 0) is 5.11 Å². The predicted octanol–water partition coefficient (Wildman–Crippen LogP) is 3.00. The number of fused-ring (bicyclic) bond motifs is 1. The molecule has 0 aliphatic heterocycles. The number of aryl methyl sites for hydroxylation is 2. The van der Waals surface area contributed by atoms with Crippen LogP contribution in [0.1, 0.15) is 11.3 Å². The van der Waals surface area contributed by atoms with Crippen molar-refractivity contribution in [2.24, 2.45) is 0 Å². The zero-order chi connectivity index (χ0) is 9.42. The van der Waals surface area contributed by atoms with Crippen molar-refractivity contribution in [1.82, 2.24) is 4.98 Å². The maximum Gasteiger partial charge on any atom is 0.204 e. The highest BCUT2D eigenvalue weighted by atomic mass is 16.3. The molecule has 2 heteroatoms. The van der Waals surface area contributed by atoms with Crippen molar-refractivity contribution < 1.29 is 5.11 Å². The summed E-state index contributed by atoms with van der Waals surface area (Å²) in [7, 11) is 0. The van der Waals surface area contributed by atoms with Gasteiger partial charge in [-0.3, -0.25) is 5.11 Å². The molecule has 0 saturated heterocycles. The molecule has 2 rings (SSSR count). The lowest BCUT2D eigenvalue weighted by Crippen LogP contribution is -1.85. The fourth-order valence-corrected chi connectivity index (χ4v) is 1.43. The molecule has 0 bridgehead atoms. The van der Waals surface area contributed by atoms with Crippen molar-refractivity contribution in [3.05, 3.63) is 35.5 Å². The number of pyridine rings is 1. The molecule has 1 radical (unpaired) electrons. The van der Waals surface area contributed by atoms with Crippen LogP contribution in [0.25, 0.3) is 10.9 Å². The van der Waals surface area contributed by atoms with Crippen molar-refractivity contribution in [1.29, 1.82) is 0 Å². The van der Waals surface area contributed by atoms with Crippen LogP contribution in [0.2, 0.25) is 0 Å². The fraction of sp³-hybridized carbons (Fsp3) is 0.182. The standard InChI is InChI=1S/C11H10NO/c1-7-3-6-10(13)11-9(7)5-4-8(2)12-11/h3-6H,1-2H3. The highest BCUT2D eigenvalue weighted by Crippen LogP contribution is 2.25. The molecular formula is C11H10NO. The molecule has 0 atom stereocenters. The minimum absolute atomic E-state index is 0.00398. The van der Waals surface area contributed by atoms with E-state index in [1.807, 2.05) is 32.0 Å². The minimum atomic E-state index is 0.00398. The van der Waals surface area contributed by atoms with Crippen molar-refractivity contribution in [2.45, 2.75) is 13.8 Å². The number of nitrogens with zero attached hydrogens (tertiary/aromatic N) is 1. The average molecular weight is 172 g/mol. The summed E-state index contributed by atoms with van der Waals surface area (Å²) in [5, 5.41) is 12.4. The van der Waals surface area contributed by atoms with E-state index in [2.05, 4.69) is 4.98 Å². The zero-order valence-electron chi connectivity index (χ0n) is 7.66. The van der Waals surface area contributed by atoms with E-state index in [4.69, 9.17) is 0 Å². The molecular weight excluding hydrogens is 162 g/mol. The van der Waals surface area contributed by atoms with Gasteiger partial charge in [0.15, 0.2) is 0 Å². The Balaban J connectivity index is 2.92. The van der Waals surface area contributed by atoms with Gasteiger partial charge < -0.3 is 0 Å². The van der Waals surface area contributed by atoms with Crippen molar-refractivity contribution >= 4 is 10.9 Å². The Morgan fingerprint density at radius 1 is 1.08 bits per heavy atom. The molecule has 1 heterocycles. The Morgan fingerprint density at radius 2 is 1.85 bits per heavy atom. The van der Waals surface area contributed by atoms with Gasteiger partial charge >= 0.3 is 0 Å². The molecule has 0 N–H and O–H groups in total. The van der Waals surface area contributed by atoms with Crippen LogP contribution in [0.5, 0.6) is 5.75 Å². The molecule has 2 aromatic rings. The Labute approximate surface area is 76.9 Å². The van der Waals surface area contributed by atoms with Gasteiger partial charge in [0.2, 0.25) is 5.75 Å². The highest BCUT2D eigenvalue weighted by molar-refractivity contribution is 5.87. The molecule has 1 aromatic carbocycles. The van der Waals surface area contributed by atoms with Gasteiger partial charge in [0, 0.05) is 11.1 Å². The lowest BCUT2D eigenvalue weighted by atomic mass is 10.1. The molecule has 0 aliphatic rings. The summed E-state index contributed by atoms with van der Waals surface area (Å²) in [4.78, 5) is 4.22. The number of aromatic nitrogens is 1. The van der Waals surface area contributed by atoms with E-state index in [0.717, 1.165) is 16.6 Å². The smallest absolute Gasteiger partial charge is 0.204 e. The van der Waals surface area contributed by atoms with E-state index < -0.39 is 0 Å². The first-order valence-electron chi connectivity index (χ1n) is 4.22. The van der Waals surface area contributed by atoms with E-state index in [-0.39, 0.29) is 5.75 Å². The summed E-state index contributed by atoms with van der Waals surface area (Å²) in [6, 6.07) is 7.29. The van der Waals surface area contributed by atoms with Crippen LogP contribution < -0.4 is 0 Å². The molecule has 1 aromatic heterocycles. The van der Waals surface area contributed by atoms with Crippen LogP contribution >= 0.6 is 0 Å². The van der Waals surface area contributed by atoms with E-state index in [0.29, 0.717) is 5.52 Å². The van der Waals surface area contributed by atoms with E-state index in [9.17, 15) is 5.11 Å². The Bertz CT molecular complexity index is 463. The van der Waals surface area contributed by atoms with E-state index in [1.54, 1.807) is 6.07 Å². The number of hydrogen-bond donors (Lipinski definition) is 0. The largest absolute Gasteiger partial charge is 0.288 e. The monoisotopic (exact) mass is 172 g/mol. The lowest BCUT2D eigenvalue weighted by Gasteiger charge is -2.02. The topological polar surface area (TPSA) is 32.8 Å². The van der Waals surface area contributed by atoms with Crippen LogP contribution in [-0.4, -0.2) is 4.98 Å².